The van der Waals surface area contributed by atoms with Gasteiger partial charge in [-0.2, -0.15) is 0 Å². The highest BCUT2D eigenvalue weighted by molar-refractivity contribution is 7.99. The van der Waals surface area contributed by atoms with Gasteiger partial charge in [-0.15, -0.1) is 10.2 Å². The number of hydrogen-bond acceptors (Lipinski definition) is 5. The number of ether oxygens (including phenoxy) is 1. The maximum Gasteiger partial charge on any atom is 0.234 e. The van der Waals surface area contributed by atoms with Crippen molar-refractivity contribution in [3.63, 3.8) is 0 Å². The molecule has 0 aliphatic rings. The molecule has 0 saturated carbocycles. The van der Waals surface area contributed by atoms with Gasteiger partial charge in [-0.05, 0) is 68.3 Å². The summed E-state index contributed by atoms with van der Waals surface area (Å²) in [4.78, 5) is 12.3. The standard InChI is InChI=1S/C22H23N3O2S/c1-14-11-15(2)22(16(3)12-14)23-20(26)13-28-21-10-9-19(24-25-21)17-5-7-18(27-4)8-6-17/h5-12H,13H2,1-4H3,(H,23,26). The van der Waals surface area contributed by atoms with Gasteiger partial charge in [-0.3, -0.25) is 4.79 Å². The number of carbonyl (C=O) groups is 1. The number of aryl methyl sites for hydroxylation is 3. The molecule has 0 fully saturated rings. The van der Waals surface area contributed by atoms with Crippen LogP contribution in [0.3, 0.4) is 0 Å². The van der Waals surface area contributed by atoms with Gasteiger partial charge in [0.25, 0.3) is 0 Å². The molecule has 3 aromatic rings. The third-order valence-electron chi connectivity index (χ3n) is 4.32. The first-order chi connectivity index (χ1) is 13.5. The van der Waals surface area contributed by atoms with Crippen LogP contribution in [0.1, 0.15) is 16.7 Å². The van der Waals surface area contributed by atoms with Crippen LogP contribution in [0.4, 0.5) is 5.69 Å². The molecule has 1 amide bonds. The van der Waals surface area contributed by atoms with Crippen LogP contribution in [0.15, 0.2) is 53.6 Å². The van der Waals surface area contributed by atoms with Gasteiger partial charge >= 0.3 is 0 Å². The summed E-state index contributed by atoms with van der Waals surface area (Å²) in [5.41, 5.74) is 5.96. The van der Waals surface area contributed by atoms with E-state index in [2.05, 4.69) is 34.6 Å². The Morgan fingerprint density at radius 1 is 1.00 bits per heavy atom. The molecular weight excluding hydrogens is 370 g/mol. The van der Waals surface area contributed by atoms with Crippen molar-refractivity contribution in [1.29, 1.82) is 0 Å². The van der Waals surface area contributed by atoms with E-state index in [1.807, 2.05) is 50.2 Å². The SMILES string of the molecule is COc1ccc(-c2ccc(SCC(=O)Nc3c(C)cc(C)cc3C)nn2)cc1. The van der Waals surface area contributed by atoms with E-state index in [9.17, 15) is 4.79 Å². The molecule has 3 rings (SSSR count). The predicted octanol–water partition coefficient (Wildman–Crippen LogP) is 4.81. The first-order valence-corrected chi connectivity index (χ1v) is 9.93. The van der Waals surface area contributed by atoms with Crippen molar-refractivity contribution in [2.45, 2.75) is 25.8 Å². The van der Waals surface area contributed by atoms with E-state index in [0.29, 0.717) is 5.03 Å². The Balaban J connectivity index is 1.59. The zero-order valence-corrected chi connectivity index (χ0v) is 17.3. The highest BCUT2D eigenvalue weighted by Gasteiger charge is 2.10. The summed E-state index contributed by atoms with van der Waals surface area (Å²) >= 11 is 1.37. The number of nitrogens with zero attached hydrogens (tertiary/aromatic N) is 2. The summed E-state index contributed by atoms with van der Waals surface area (Å²) in [7, 11) is 1.64. The van der Waals surface area contributed by atoms with Crippen molar-refractivity contribution < 1.29 is 9.53 Å². The summed E-state index contributed by atoms with van der Waals surface area (Å²) in [6.45, 7) is 6.06. The molecular formula is C22H23N3O2S. The number of anilines is 1. The number of carbonyl (C=O) groups excluding carboxylic acids is 1. The first-order valence-electron chi connectivity index (χ1n) is 8.95. The normalized spacial score (nSPS) is 10.6. The van der Waals surface area contributed by atoms with Crippen LogP contribution < -0.4 is 10.1 Å². The van der Waals surface area contributed by atoms with Crippen LogP contribution in [0, 0.1) is 20.8 Å². The second-order valence-corrected chi connectivity index (χ2v) is 7.59. The van der Waals surface area contributed by atoms with Crippen LogP contribution >= 0.6 is 11.8 Å². The maximum absolute atomic E-state index is 12.3. The molecule has 0 saturated heterocycles. The topological polar surface area (TPSA) is 64.1 Å². The smallest absolute Gasteiger partial charge is 0.234 e. The van der Waals surface area contributed by atoms with Crippen LogP contribution in [0.5, 0.6) is 5.75 Å². The van der Waals surface area contributed by atoms with Gasteiger partial charge in [-0.25, -0.2) is 0 Å². The number of methoxy groups -OCH3 is 1. The molecule has 0 atom stereocenters. The molecule has 2 aromatic carbocycles. The summed E-state index contributed by atoms with van der Waals surface area (Å²) < 4.78 is 5.16. The Hall–Kier alpha value is -2.86. The van der Waals surface area contributed by atoms with Gasteiger partial charge in [0.2, 0.25) is 5.91 Å². The number of nitrogens with one attached hydrogen (secondary N) is 1. The Kier molecular flexibility index (Phi) is 6.31. The second-order valence-electron chi connectivity index (χ2n) is 6.60. The molecule has 28 heavy (non-hydrogen) atoms. The molecule has 0 aliphatic carbocycles. The van der Waals surface area contributed by atoms with Crippen LogP contribution in [-0.2, 0) is 4.79 Å². The first kappa shape index (κ1) is 19.9. The molecule has 0 unspecified atom stereocenters. The van der Waals surface area contributed by atoms with Gasteiger partial charge in [-0.1, -0.05) is 29.5 Å². The largest absolute Gasteiger partial charge is 0.497 e. The monoisotopic (exact) mass is 393 g/mol. The third-order valence-corrected chi connectivity index (χ3v) is 5.24. The maximum atomic E-state index is 12.3. The summed E-state index contributed by atoms with van der Waals surface area (Å²) in [6, 6.07) is 15.6. The van der Waals surface area contributed by atoms with Gasteiger partial charge < -0.3 is 10.1 Å². The molecule has 0 spiro atoms. The minimum Gasteiger partial charge on any atom is -0.497 e. The Labute approximate surface area is 169 Å². The van der Waals surface area contributed by atoms with E-state index in [4.69, 9.17) is 4.74 Å². The predicted molar refractivity (Wildman–Crippen MR) is 114 cm³/mol. The van der Waals surface area contributed by atoms with Crippen molar-refractivity contribution in [2.75, 3.05) is 18.2 Å². The zero-order valence-electron chi connectivity index (χ0n) is 16.4. The third kappa shape index (κ3) is 4.89. The lowest BCUT2D eigenvalue weighted by atomic mass is 10.1. The molecule has 5 nitrogen and oxygen atoms in total. The lowest BCUT2D eigenvalue weighted by Gasteiger charge is -2.12. The molecule has 0 bridgehead atoms. The number of rotatable bonds is 6. The van der Waals surface area contributed by atoms with Gasteiger partial charge in [0.15, 0.2) is 0 Å². The Morgan fingerprint density at radius 3 is 2.25 bits per heavy atom. The number of amides is 1. The van der Waals surface area contributed by atoms with E-state index in [1.165, 1.54) is 17.3 Å². The Bertz CT molecular complexity index is 947. The molecule has 0 radical (unpaired) electrons. The number of hydrogen-bond donors (Lipinski definition) is 1. The average Bonchev–Trinajstić information content (AvgIpc) is 2.69. The second kappa shape index (κ2) is 8.89. The molecule has 1 N–H and O–H groups in total. The molecule has 1 aromatic heterocycles. The van der Waals surface area contributed by atoms with E-state index in [-0.39, 0.29) is 11.7 Å². The van der Waals surface area contributed by atoms with Crippen molar-refractivity contribution in [2.24, 2.45) is 0 Å². The highest BCUT2D eigenvalue weighted by atomic mass is 32.2. The van der Waals surface area contributed by atoms with E-state index in [0.717, 1.165) is 33.8 Å². The van der Waals surface area contributed by atoms with Gasteiger partial charge in [0.05, 0.1) is 18.6 Å². The fourth-order valence-corrected chi connectivity index (χ4v) is 3.62. The zero-order chi connectivity index (χ0) is 20.1. The van der Waals surface area contributed by atoms with Crippen molar-refractivity contribution in [3.05, 3.63) is 65.2 Å². The van der Waals surface area contributed by atoms with Crippen molar-refractivity contribution >= 4 is 23.4 Å². The minimum atomic E-state index is -0.0546. The number of thioether (sulfide) groups is 1. The quantitative estimate of drug-likeness (QED) is 0.609. The van der Waals surface area contributed by atoms with E-state index < -0.39 is 0 Å². The number of aromatic nitrogens is 2. The molecule has 144 valence electrons. The lowest BCUT2D eigenvalue weighted by Crippen LogP contribution is -2.16. The van der Waals surface area contributed by atoms with E-state index >= 15 is 0 Å². The van der Waals surface area contributed by atoms with Crippen LogP contribution in [0.2, 0.25) is 0 Å². The molecule has 0 aliphatic heterocycles. The fourth-order valence-electron chi connectivity index (χ4n) is 3.00. The van der Waals surface area contributed by atoms with E-state index in [1.54, 1.807) is 7.11 Å². The Morgan fingerprint density at radius 2 is 1.68 bits per heavy atom. The minimum absolute atomic E-state index is 0.0546. The highest BCUT2D eigenvalue weighted by Crippen LogP contribution is 2.24. The summed E-state index contributed by atoms with van der Waals surface area (Å²) in [6.07, 6.45) is 0. The summed E-state index contributed by atoms with van der Waals surface area (Å²) in [5.74, 6) is 1.03. The average molecular weight is 394 g/mol. The van der Waals surface area contributed by atoms with Crippen molar-refractivity contribution in [1.82, 2.24) is 10.2 Å². The fraction of sp³-hybridized carbons (Fsp3) is 0.227. The molecule has 6 heteroatoms. The molecule has 1 heterocycles. The lowest BCUT2D eigenvalue weighted by molar-refractivity contribution is -0.113. The van der Waals surface area contributed by atoms with Crippen LogP contribution in [-0.4, -0.2) is 29.0 Å². The van der Waals surface area contributed by atoms with Gasteiger partial charge in [0.1, 0.15) is 10.8 Å². The summed E-state index contributed by atoms with van der Waals surface area (Å²) in [5, 5.41) is 12.2. The van der Waals surface area contributed by atoms with Crippen LogP contribution in [0.25, 0.3) is 11.3 Å². The number of benzene rings is 2. The van der Waals surface area contributed by atoms with Gasteiger partial charge in [0, 0.05) is 11.3 Å². The van der Waals surface area contributed by atoms with Crippen molar-refractivity contribution in [3.8, 4) is 17.0 Å².